The molecule has 5 aromatic carbocycles. The van der Waals surface area contributed by atoms with E-state index in [2.05, 4.69) is 157 Å². The maximum atomic E-state index is 13.8. The molecule has 0 spiro atoms. The molecular weight excluding hydrogens is 1850 g/mol. The van der Waals surface area contributed by atoms with Gasteiger partial charge in [-0.3, -0.25) is 52.9 Å². The van der Waals surface area contributed by atoms with Gasteiger partial charge >= 0.3 is 0 Å². The zero-order valence-electron chi connectivity index (χ0n) is 72.6. The highest BCUT2D eigenvalue weighted by atomic mass is 79.9. The quantitative estimate of drug-likeness (QED) is 0.0374. The molecule has 0 bridgehead atoms. The molecular formula is C98H103Br3N17O12+. The molecule has 18 rings (SSSR count). The molecule has 0 aliphatic carbocycles. The molecule has 7 aliphatic rings. The van der Waals surface area contributed by atoms with Gasteiger partial charge in [0.25, 0.3) is 11.8 Å². The van der Waals surface area contributed by atoms with Crippen molar-refractivity contribution in [3.63, 3.8) is 0 Å². The number of carbonyl (C=O) groups is 10. The first-order valence-electron chi connectivity index (χ1n) is 43.2. The Bertz CT molecular complexity index is 6180. The Labute approximate surface area is 777 Å². The summed E-state index contributed by atoms with van der Waals surface area (Å²) in [7, 11) is 0. The topological polar surface area (TPSA) is 318 Å². The van der Waals surface area contributed by atoms with Gasteiger partial charge in [0, 0.05) is 260 Å². The molecule has 0 unspecified atom stereocenters. The highest BCUT2D eigenvalue weighted by Gasteiger charge is 2.37. The number of piperazine rings is 2. The van der Waals surface area contributed by atoms with E-state index in [-0.39, 0.29) is 102 Å². The first kappa shape index (κ1) is 93.1. The Kier molecular flexibility index (Phi) is 30.4. The maximum Gasteiger partial charge on any atom is 0.256 e. The standard InChI is InChI=1S/2C28H30BrN5O3.C23H22N2O2.C19H19BrN4O2.HNO2/c1-3-27(36)34-15-20(16-34)12-22(35)17-33-18-24(23-13-21(29)5-6-25(23)33)28(37)32-10-8-31(9-11-32)26-7-4-19(2)14-30-26;1-3-26(36)33-16-20(17-33)14-22(35)18-34-19(2)27(23-15-21(29)7-8-24(23)34)28(37)32-12-10-31(11-13-32)25-6-4-5-9-30-25;1-2-23(27)25-14-17(15-25)12-21(26)16-24-11-10-20-13-19(8-9-22(20)24)18-6-4-3-5-7-18;1-2-19(26)23-9-13(10-23)22-18(25)11-24-16-4-3-12(20)7-14(16)15-8-21-6-5-17(15)24;2-1-3/h3-7,13-14,18,20H,1,8-12,15-17H2,2H3;3-9,15,20H,1,10-14,16-18H2,2H3;2-11,13,17H,1,12,14-16H2;2-4,7-8,13H,1,5-6,9-11H2,(H,22,25);1H/p+1. The molecule has 6 fully saturated rings. The number of hydrogen-bond donors (Lipinski definition) is 3. The number of nitrogens with zero attached hydrogens (tertiary/aromatic N) is 15. The number of hydrogen-bond acceptors (Lipinski definition) is 16. The largest absolute Gasteiger partial charge is 0.353 e. The number of carbonyl (C=O) groups excluding carboxylic acids is 10. The summed E-state index contributed by atoms with van der Waals surface area (Å²) < 4.78 is 10.7. The highest BCUT2D eigenvalue weighted by molar-refractivity contribution is 9.11. The number of pyridine rings is 2. The zero-order chi connectivity index (χ0) is 92.0. The molecule has 29 nitrogen and oxygen atoms in total. The van der Waals surface area contributed by atoms with Gasteiger partial charge in [-0.2, -0.15) is 0 Å². The van der Waals surface area contributed by atoms with E-state index in [1.165, 1.54) is 35.4 Å². The number of amides is 7. The van der Waals surface area contributed by atoms with E-state index in [9.17, 15) is 47.9 Å². The Morgan fingerprint density at radius 2 is 0.977 bits per heavy atom. The van der Waals surface area contributed by atoms with Gasteiger partial charge in [-0.1, -0.05) is 123 Å². The number of rotatable bonds is 24. The minimum atomic E-state index is -0.0928. The fourth-order valence-electron chi connectivity index (χ4n) is 17.8. The monoisotopic (exact) mass is 1950 g/mol. The van der Waals surface area contributed by atoms with E-state index in [4.69, 9.17) is 10.1 Å². The van der Waals surface area contributed by atoms with Crippen LogP contribution in [0.25, 0.3) is 54.7 Å². The summed E-state index contributed by atoms with van der Waals surface area (Å²) in [4.78, 5) is 161. The summed E-state index contributed by atoms with van der Waals surface area (Å²) in [6.45, 7) is 29.8. The van der Waals surface area contributed by atoms with Crippen molar-refractivity contribution in [1.82, 2.24) is 63.0 Å². The Hall–Kier alpha value is -13.1. The van der Waals surface area contributed by atoms with Crippen LogP contribution in [0.3, 0.4) is 0 Å². The fraction of sp³-hybridized carbons (Fsp3) is 0.316. The number of aromatic nitrogens is 6. The molecule has 0 radical (unpaired) electrons. The second kappa shape index (κ2) is 42.4. The van der Waals surface area contributed by atoms with E-state index in [0.717, 1.165) is 130 Å². The molecule has 32 heteroatoms. The number of likely N-dealkylation sites (tertiary alicyclic amines) is 4. The second-order valence-electron chi connectivity index (χ2n) is 33.4. The third kappa shape index (κ3) is 21.9. The van der Waals surface area contributed by atoms with Crippen molar-refractivity contribution >= 4 is 168 Å². The van der Waals surface area contributed by atoms with Crippen LogP contribution >= 0.6 is 47.8 Å². The second-order valence-corrected chi connectivity index (χ2v) is 36.2. The van der Waals surface area contributed by atoms with Gasteiger partial charge in [-0.15, -0.1) is 0 Å². The SMILES string of the molecule is C=CC(=O)N1CC(CC(=O)Cn2c(C)c(C(=O)N3CCN(c4ccccn4)CC3)c3cc(Br)ccc32)C1.C=CC(=O)N1CC(CC(=O)Cn2cc(C(=O)N3CCN(c4ccc(C)cn4)CC3)c3cc(Br)ccc32)C1.C=CC(=O)N1CC(CC(=O)Cn2ccc3cc(-c4ccccc4)ccc32)C1.C=CC(=O)N1CC(NC(=O)Cn2c3c(c4cc(Br)ccc42)C=NCC3)C1.O=[NH+]O. The lowest BCUT2D eigenvalue weighted by molar-refractivity contribution is -0.755. The third-order valence-electron chi connectivity index (χ3n) is 24.6. The molecule has 11 aromatic rings. The van der Waals surface area contributed by atoms with Crippen LogP contribution in [-0.4, -0.2) is 245 Å². The predicted octanol–water partition coefficient (Wildman–Crippen LogP) is 11.4. The molecule has 130 heavy (non-hydrogen) atoms. The van der Waals surface area contributed by atoms with Crippen LogP contribution in [0.5, 0.6) is 0 Å². The van der Waals surface area contributed by atoms with Gasteiger partial charge in [0.1, 0.15) is 18.2 Å². The van der Waals surface area contributed by atoms with Gasteiger partial charge in [-0.05, 0) is 146 Å². The first-order chi connectivity index (χ1) is 62.8. The number of fused-ring (bicyclic) bond motifs is 6. The summed E-state index contributed by atoms with van der Waals surface area (Å²) >= 11 is 10.6. The molecule has 6 saturated heterocycles. The van der Waals surface area contributed by atoms with Crippen LogP contribution in [0.1, 0.15) is 62.5 Å². The molecule has 672 valence electrons. The first-order valence-corrected chi connectivity index (χ1v) is 45.6. The van der Waals surface area contributed by atoms with E-state index in [1.54, 1.807) is 25.8 Å². The zero-order valence-corrected chi connectivity index (χ0v) is 77.3. The maximum absolute atomic E-state index is 13.8. The van der Waals surface area contributed by atoms with Gasteiger partial charge in [0.05, 0.1) is 41.7 Å². The van der Waals surface area contributed by atoms with Crippen LogP contribution in [0.2, 0.25) is 0 Å². The minimum Gasteiger partial charge on any atom is -0.353 e. The number of ketones is 3. The lowest BCUT2D eigenvalue weighted by Gasteiger charge is -2.39. The van der Waals surface area contributed by atoms with Crippen LogP contribution in [0, 0.1) is 36.5 Å². The van der Waals surface area contributed by atoms with Crippen molar-refractivity contribution in [2.24, 2.45) is 22.7 Å². The number of Topliss-reactive ketones (excluding diaryl/α,β-unsaturated/α-hetero) is 3. The number of aliphatic imine (C=N–C) groups is 1. The van der Waals surface area contributed by atoms with Crippen LogP contribution in [-0.2, 0) is 71.0 Å². The molecule has 13 heterocycles. The number of anilines is 2. The summed E-state index contributed by atoms with van der Waals surface area (Å²) in [6.07, 6.45) is 16.8. The highest BCUT2D eigenvalue weighted by Crippen LogP contribution is 2.36. The normalized spacial score (nSPS) is 15.5. The molecule has 3 N–H and O–H groups in total. The minimum absolute atomic E-state index is 0.00922. The molecule has 0 saturated carbocycles. The predicted molar refractivity (Wildman–Crippen MR) is 511 cm³/mol. The van der Waals surface area contributed by atoms with Crippen LogP contribution in [0.15, 0.2) is 233 Å². The Morgan fingerprint density at radius 1 is 0.485 bits per heavy atom. The lowest BCUT2D eigenvalue weighted by atomic mass is 9.94. The summed E-state index contributed by atoms with van der Waals surface area (Å²) in [5.74, 6) is 2.47. The van der Waals surface area contributed by atoms with Crippen molar-refractivity contribution < 1.29 is 58.5 Å². The van der Waals surface area contributed by atoms with Gasteiger partial charge in [-0.25, -0.2) is 15.2 Å². The number of benzene rings is 5. The lowest BCUT2D eigenvalue weighted by Crippen LogP contribution is -2.61. The molecule has 7 amide bonds. The Morgan fingerprint density at radius 3 is 1.52 bits per heavy atom. The van der Waals surface area contributed by atoms with Gasteiger partial charge in [0.2, 0.25) is 29.5 Å². The fourth-order valence-corrected chi connectivity index (χ4v) is 18.9. The number of halogens is 3. The number of aryl methyl sites for hydroxylation is 1. The van der Waals surface area contributed by atoms with E-state index in [1.807, 2.05) is 153 Å². The van der Waals surface area contributed by atoms with Crippen molar-refractivity contribution in [3.05, 3.63) is 267 Å². The molecule has 6 aromatic heterocycles. The van der Waals surface area contributed by atoms with Crippen LogP contribution < -0.4 is 20.5 Å². The molecule has 0 atom stereocenters. The number of nitrogens with one attached hydrogen (secondary N) is 2. The van der Waals surface area contributed by atoms with E-state index < -0.39 is 0 Å². The van der Waals surface area contributed by atoms with Gasteiger partial charge in [0.15, 0.2) is 22.7 Å². The van der Waals surface area contributed by atoms with Crippen molar-refractivity contribution in [2.75, 3.05) is 121 Å². The Balaban J connectivity index is 0.000000140. The summed E-state index contributed by atoms with van der Waals surface area (Å²) in [6, 6.07) is 46.4. The van der Waals surface area contributed by atoms with Crippen molar-refractivity contribution in [2.45, 2.75) is 71.8 Å². The van der Waals surface area contributed by atoms with E-state index in [0.29, 0.717) is 121 Å². The smallest absolute Gasteiger partial charge is 0.256 e. The third-order valence-corrected chi connectivity index (χ3v) is 26.1. The van der Waals surface area contributed by atoms with Crippen LogP contribution in [0.4, 0.5) is 11.6 Å². The summed E-state index contributed by atoms with van der Waals surface area (Å²) in [5.41, 5.74) is 11.7. The van der Waals surface area contributed by atoms with E-state index >= 15 is 0 Å². The van der Waals surface area contributed by atoms with Crippen molar-refractivity contribution in [3.8, 4) is 11.1 Å². The molecule has 7 aliphatic heterocycles. The van der Waals surface area contributed by atoms with Crippen molar-refractivity contribution in [1.29, 1.82) is 0 Å². The average molecular weight is 1950 g/mol. The average Bonchev–Trinajstić information content (AvgIpc) is 1.59. The summed E-state index contributed by atoms with van der Waals surface area (Å²) in [5, 5.41) is 14.2. The van der Waals surface area contributed by atoms with Gasteiger partial charge < -0.3 is 62.8 Å².